The number of anilines is 1. The molecule has 0 saturated carbocycles. The predicted octanol–water partition coefficient (Wildman–Crippen LogP) is 4.92. The molecule has 0 amide bonds. The zero-order chi connectivity index (χ0) is 17.6. The first-order chi connectivity index (χ1) is 12.1. The molecule has 1 aliphatic heterocycles. The minimum atomic E-state index is 0.288. The van der Waals surface area contributed by atoms with Crippen LogP contribution in [0.3, 0.4) is 0 Å². The lowest BCUT2D eigenvalue weighted by molar-refractivity contribution is 0.114. The molecular weight excluding hydrogens is 348 g/mol. The standard InChI is InChI=1S/C20H24N2OS2/c1-14-5-10-19(15(2)12-14)25-18-8-6-16(7-9-18)22-20(24)21-13-17-4-3-11-23-17/h5-10,12,17H,3-4,11,13H2,1-2H3,(H2,21,22,24). The van der Waals surface area contributed by atoms with Gasteiger partial charge < -0.3 is 15.4 Å². The lowest BCUT2D eigenvalue weighted by atomic mass is 10.2. The fourth-order valence-corrected chi connectivity index (χ4v) is 3.92. The van der Waals surface area contributed by atoms with Crippen molar-refractivity contribution >= 4 is 34.8 Å². The monoisotopic (exact) mass is 372 g/mol. The summed E-state index contributed by atoms with van der Waals surface area (Å²) in [5.74, 6) is 0. The van der Waals surface area contributed by atoms with E-state index >= 15 is 0 Å². The summed E-state index contributed by atoms with van der Waals surface area (Å²) in [5.41, 5.74) is 3.60. The minimum Gasteiger partial charge on any atom is -0.376 e. The second kappa shape index (κ2) is 8.70. The average Bonchev–Trinajstić information content (AvgIpc) is 3.11. The molecule has 0 spiro atoms. The lowest BCUT2D eigenvalue weighted by Gasteiger charge is -2.14. The van der Waals surface area contributed by atoms with Crippen molar-refractivity contribution in [3.63, 3.8) is 0 Å². The van der Waals surface area contributed by atoms with E-state index in [4.69, 9.17) is 17.0 Å². The molecule has 25 heavy (non-hydrogen) atoms. The van der Waals surface area contributed by atoms with Gasteiger partial charge in [0.15, 0.2) is 5.11 Å². The Balaban J connectivity index is 1.52. The summed E-state index contributed by atoms with van der Waals surface area (Å²) >= 11 is 7.14. The molecule has 2 aromatic carbocycles. The normalized spacial score (nSPS) is 16.6. The number of hydrogen-bond acceptors (Lipinski definition) is 3. The van der Waals surface area contributed by atoms with E-state index in [0.717, 1.165) is 31.7 Å². The van der Waals surface area contributed by atoms with Gasteiger partial charge in [-0.05, 0) is 74.8 Å². The fourth-order valence-electron chi connectivity index (χ4n) is 2.83. The van der Waals surface area contributed by atoms with Crippen LogP contribution in [0, 0.1) is 13.8 Å². The molecule has 1 aliphatic rings. The van der Waals surface area contributed by atoms with E-state index in [1.54, 1.807) is 11.8 Å². The Morgan fingerprint density at radius 3 is 2.68 bits per heavy atom. The smallest absolute Gasteiger partial charge is 0.170 e. The van der Waals surface area contributed by atoms with Crippen LogP contribution in [0.4, 0.5) is 5.69 Å². The highest BCUT2D eigenvalue weighted by Crippen LogP contribution is 2.31. The summed E-state index contributed by atoms with van der Waals surface area (Å²) in [5, 5.41) is 7.11. The summed E-state index contributed by atoms with van der Waals surface area (Å²) in [6, 6.07) is 14.9. The van der Waals surface area contributed by atoms with Crippen LogP contribution in [-0.2, 0) is 4.74 Å². The fraction of sp³-hybridized carbons (Fsp3) is 0.350. The number of benzene rings is 2. The van der Waals surface area contributed by atoms with Crippen LogP contribution in [0.25, 0.3) is 0 Å². The first-order valence-corrected chi connectivity index (χ1v) is 9.84. The molecule has 1 atom stereocenters. The SMILES string of the molecule is Cc1ccc(Sc2ccc(NC(=S)NCC3CCCO3)cc2)c(C)c1. The van der Waals surface area contributed by atoms with Crippen molar-refractivity contribution in [2.24, 2.45) is 0 Å². The van der Waals surface area contributed by atoms with E-state index in [2.05, 4.69) is 66.9 Å². The Kier molecular flexibility index (Phi) is 6.34. The van der Waals surface area contributed by atoms with Gasteiger partial charge in [0.2, 0.25) is 0 Å². The van der Waals surface area contributed by atoms with Crippen LogP contribution < -0.4 is 10.6 Å². The van der Waals surface area contributed by atoms with Crippen LogP contribution in [0.15, 0.2) is 52.3 Å². The van der Waals surface area contributed by atoms with Gasteiger partial charge in [-0.2, -0.15) is 0 Å². The van der Waals surface area contributed by atoms with Crippen LogP contribution >= 0.6 is 24.0 Å². The van der Waals surface area contributed by atoms with Crippen molar-refractivity contribution in [2.75, 3.05) is 18.5 Å². The van der Waals surface area contributed by atoms with Gasteiger partial charge in [0.05, 0.1) is 6.10 Å². The van der Waals surface area contributed by atoms with Gasteiger partial charge >= 0.3 is 0 Å². The number of aryl methyl sites for hydroxylation is 2. The van der Waals surface area contributed by atoms with Gasteiger partial charge in [-0.1, -0.05) is 29.5 Å². The van der Waals surface area contributed by atoms with Crippen LogP contribution in [0.1, 0.15) is 24.0 Å². The topological polar surface area (TPSA) is 33.3 Å². The lowest BCUT2D eigenvalue weighted by Crippen LogP contribution is -2.34. The van der Waals surface area contributed by atoms with Gasteiger partial charge in [-0.25, -0.2) is 0 Å². The van der Waals surface area contributed by atoms with Crippen LogP contribution in [0.5, 0.6) is 0 Å². The molecule has 2 N–H and O–H groups in total. The molecule has 1 fully saturated rings. The molecule has 5 heteroatoms. The number of rotatable bonds is 5. The quantitative estimate of drug-likeness (QED) is 0.728. The maximum absolute atomic E-state index is 5.59. The molecule has 3 rings (SSSR count). The first kappa shape index (κ1) is 18.2. The van der Waals surface area contributed by atoms with Crippen molar-refractivity contribution in [1.82, 2.24) is 5.32 Å². The number of ether oxygens (including phenoxy) is 1. The van der Waals surface area contributed by atoms with Crippen molar-refractivity contribution in [1.29, 1.82) is 0 Å². The average molecular weight is 373 g/mol. The Bertz CT molecular complexity index is 725. The van der Waals surface area contributed by atoms with Crippen molar-refractivity contribution in [3.8, 4) is 0 Å². The molecule has 132 valence electrons. The Morgan fingerprint density at radius 2 is 2.00 bits per heavy atom. The van der Waals surface area contributed by atoms with Crippen molar-refractivity contribution in [2.45, 2.75) is 42.6 Å². The molecule has 1 heterocycles. The van der Waals surface area contributed by atoms with E-state index in [-0.39, 0.29) is 6.10 Å². The van der Waals surface area contributed by atoms with Gasteiger partial charge in [-0.3, -0.25) is 0 Å². The van der Waals surface area contributed by atoms with Crippen LogP contribution in [0.2, 0.25) is 0 Å². The Labute approximate surface area is 159 Å². The second-order valence-electron chi connectivity index (χ2n) is 6.37. The summed E-state index contributed by atoms with van der Waals surface area (Å²) in [7, 11) is 0. The maximum Gasteiger partial charge on any atom is 0.170 e. The molecule has 1 saturated heterocycles. The van der Waals surface area contributed by atoms with Crippen LogP contribution in [-0.4, -0.2) is 24.4 Å². The third-order valence-electron chi connectivity index (χ3n) is 4.18. The summed E-state index contributed by atoms with van der Waals surface area (Å²) in [6.45, 7) is 5.92. The molecule has 0 bridgehead atoms. The van der Waals surface area contributed by atoms with E-state index in [9.17, 15) is 0 Å². The zero-order valence-electron chi connectivity index (χ0n) is 14.7. The number of nitrogens with one attached hydrogen (secondary N) is 2. The van der Waals surface area contributed by atoms with E-state index in [1.807, 2.05) is 0 Å². The second-order valence-corrected chi connectivity index (χ2v) is 7.89. The minimum absolute atomic E-state index is 0.288. The highest BCUT2D eigenvalue weighted by molar-refractivity contribution is 7.99. The number of hydrogen-bond donors (Lipinski definition) is 2. The predicted molar refractivity (Wildman–Crippen MR) is 110 cm³/mol. The van der Waals surface area contributed by atoms with Crippen molar-refractivity contribution in [3.05, 3.63) is 53.6 Å². The largest absolute Gasteiger partial charge is 0.376 e. The van der Waals surface area contributed by atoms with Gasteiger partial charge in [0.25, 0.3) is 0 Å². The molecule has 3 nitrogen and oxygen atoms in total. The third kappa shape index (κ3) is 5.46. The highest BCUT2D eigenvalue weighted by Gasteiger charge is 2.15. The van der Waals surface area contributed by atoms with E-state index < -0.39 is 0 Å². The summed E-state index contributed by atoms with van der Waals surface area (Å²) < 4.78 is 5.59. The first-order valence-electron chi connectivity index (χ1n) is 8.62. The maximum atomic E-state index is 5.59. The Morgan fingerprint density at radius 1 is 1.20 bits per heavy atom. The third-order valence-corrected chi connectivity index (χ3v) is 5.62. The molecule has 0 aromatic heterocycles. The molecule has 2 aromatic rings. The Hall–Kier alpha value is -1.56. The number of thiocarbonyl (C=S) groups is 1. The molecule has 0 aliphatic carbocycles. The van der Waals surface area contributed by atoms with E-state index in [0.29, 0.717) is 5.11 Å². The highest BCUT2D eigenvalue weighted by atomic mass is 32.2. The summed E-state index contributed by atoms with van der Waals surface area (Å²) in [4.78, 5) is 2.51. The van der Waals surface area contributed by atoms with Gasteiger partial charge in [-0.15, -0.1) is 0 Å². The molecule has 1 unspecified atom stereocenters. The van der Waals surface area contributed by atoms with Crippen molar-refractivity contribution < 1.29 is 4.74 Å². The molecule has 0 radical (unpaired) electrons. The van der Waals surface area contributed by atoms with E-state index in [1.165, 1.54) is 20.9 Å². The molecular formula is C20H24N2OS2. The van der Waals surface area contributed by atoms with Gasteiger partial charge in [0.1, 0.15) is 0 Å². The zero-order valence-corrected chi connectivity index (χ0v) is 16.3. The summed E-state index contributed by atoms with van der Waals surface area (Å²) in [6.07, 6.45) is 2.54. The van der Waals surface area contributed by atoms with Gasteiger partial charge in [0, 0.05) is 28.6 Å².